The van der Waals surface area contributed by atoms with Crippen molar-refractivity contribution in [3.05, 3.63) is 34.4 Å². The molecular formula is C12H20N2. The molecule has 2 heteroatoms. The lowest BCUT2D eigenvalue weighted by atomic mass is 10.0. The predicted molar refractivity (Wildman–Crippen MR) is 61.4 cm³/mol. The minimum Gasteiger partial charge on any atom is -0.308 e. The van der Waals surface area contributed by atoms with Gasteiger partial charge in [0.2, 0.25) is 0 Å². The molecule has 78 valence electrons. The van der Waals surface area contributed by atoms with Crippen LogP contribution in [0.4, 0.5) is 0 Å². The average Bonchev–Trinajstić information content (AvgIpc) is 2.14. The first kappa shape index (κ1) is 11.2. The molecule has 2 N–H and O–H groups in total. The van der Waals surface area contributed by atoms with E-state index in [1.165, 1.54) is 22.3 Å². The Kier molecular flexibility index (Phi) is 4.11. The molecule has 0 fully saturated rings. The average molecular weight is 192 g/mol. The topological polar surface area (TPSA) is 24.1 Å². The van der Waals surface area contributed by atoms with Crippen LogP contribution in [0.1, 0.15) is 22.3 Å². The molecule has 1 rings (SSSR count). The largest absolute Gasteiger partial charge is 0.308 e. The molecule has 0 heterocycles. The molecule has 0 saturated heterocycles. The van der Waals surface area contributed by atoms with Gasteiger partial charge in [-0.25, -0.2) is 0 Å². The van der Waals surface area contributed by atoms with Gasteiger partial charge in [0.1, 0.15) is 0 Å². The van der Waals surface area contributed by atoms with Gasteiger partial charge in [-0.15, -0.1) is 0 Å². The lowest BCUT2D eigenvalue weighted by molar-refractivity contribution is 0.630. The van der Waals surface area contributed by atoms with Crippen molar-refractivity contribution in [2.45, 2.75) is 27.3 Å². The SMILES string of the molecule is CNCNCc1cc(C)c(C)cc1C. The van der Waals surface area contributed by atoms with Crippen molar-refractivity contribution in [3.63, 3.8) is 0 Å². The van der Waals surface area contributed by atoms with Crippen LogP contribution in [0.5, 0.6) is 0 Å². The maximum Gasteiger partial charge on any atom is 0.0454 e. The van der Waals surface area contributed by atoms with Crippen molar-refractivity contribution in [3.8, 4) is 0 Å². The van der Waals surface area contributed by atoms with Gasteiger partial charge >= 0.3 is 0 Å². The zero-order valence-corrected chi connectivity index (χ0v) is 9.57. The standard InChI is InChI=1S/C12H20N2/c1-9-5-11(3)12(6-10(9)2)7-14-8-13-4/h5-6,13-14H,7-8H2,1-4H3. The second-order valence-electron chi connectivity index (χ2n) is 3.82. The van der Waals surface area contributed by atoms with Crippen molar-refractivity contribution in [2.75, 3.05) is 13.7 Å². The Hall–Kier alpha value is -0.860. The fourth-order valence-electron chi connectivity index (χ4n) is 1.53. The van der Waals surface area contributed by atoms with Crippen LogP contribution in [0.3, 0.4) is 0 Å². The van der Waals surface area contributed by atoms with Crippen molar-refractivity contribution in [1.82, 2.24) is 10.6 Å². The molecule has 0 aromatic heterocycles. The van der Waals surface area contributed by atoms with E-state index < -0.39 is 0 Å². The van der Waals surface area contributed by atoms with E-state index in [2.05, 4.69) is 43.5 Å². The number of rotatable bonds is 4. The Morgan fingerprint density at radius 1 is 1.00 bits per heavy atom. The van der Waals surface area contributed by atoms with Crippen molar-refractivity contribution in [2.24, 2.45) is 0 Å². The predicted octanol–water partition coefficient (Wildman–Crippen LogP) is 1.88. The zero-order valence-electron chi connectivity index (χ0n) is 9.57. The summed E-state index contributed by atoms with van der Waals surface area (Å²) in [5.41, 5.74) is 5.51. The van der Waals surface area contributed by atoms with Crippen LogP contribution < -0.4 is 10.6 Å². The number of nitrogens with one attached hydrogen (secondary N) is 2. The lowest BCUT2D eigenvalue weighted by Crippen LogP contribution is -2.25. The summed E-state index contributed by atoms with van der Waals surface area (Å²) in [5.74, 6) is 0. The van der Waals surface area contributed by atoms with Gasteiger partial charge in [-0.05, 0) is 50.1 Å². The fraction of sp³-hybridized carbons (Fsp3) is 0.500. The van der Waals surface area contributed by atoms with Crippen LogP contribution in [-0.2, 0) is 6.54 Å². The maximum atomic E-state index is 3.33. The Balaban J connectivity index is 2.72. The van der Waals surface area contributed by atoms with Crippen LogP contribution >= 0.6 is 0 Å². The summed E-state index contributed by atoms with van der Waals surface area (Å²) in [7, 11) is 1.94. The molecule has 0 saturated carbocycles. The first-order valence-electron chi connectivity index (χ1n) is 5.07. The highest BCUT2D eigenvalue weighted by Gasteiger charge is 2.00. The van der Waals surface area contributed by atoms with Crippen molar-refractivity contribution >= 4 is 0 Å². The minimum absolute atomic E-state index is 0.854. The van der Waals surface area contributed by atoms with E-state index in [1.807, 2.05) is 7.05 Å². The van der Waals surface area contributed by atoms with Crippen LogP contribution in [0.25, 0.3) is 0 Å². The Morgan fingerprint density at radius 2 is 1.64 bits per heavy atom. The van der Waals surface area contributed by atoms with Crippen molar-refractivity contribution < 1.29 is 0 Å². The van der Waals surface area contributed by atoms with Gasteiger partial charge in [-0.2, -0.15) is 0 Å². The fourth-order valence-corrected chi connectivity index (χ4v) is 1.53. The molecule has 0 bridgehead atoms. The second kappa shape index (κ2) is 5.13. The van der Waals surface area contributed by atoms with E-state index in [1.54, 1.807) is 0 Å². The van der Waals surface area contributed by atoms with E-state index >= 15 is 0 Å². The van der Waals surface area contributed by atoms with Gasteiger partial charge in [-0.1, -0.05) is 12.1 Å². The van der Waals surface area contributed by atoms with Gasteiger partial charge in [0.15, 0.2) is 0 Å². The van der Waals surface area contributed by atoms with Gasteiger partial charge in [-0.3, -0.25) is 0 Å². The highest BCUT2D eigenvalue weighted by Crippen LogP contribution is 2.14. The Labute approximate surface area is 86.7 Å². The van der Waals surface area contributed by atoms with Crippen LogP contribution in [0, 0.1) is 20.8 Å². The lowest BCUT2D eigenvalue weighted by Gasteiger charge is -2.10. The second-order valence-corrected chi connectivity index (χ2v) is 3.82. The summed E-state index contributed by atoms with van der Waals surface area (Å²) in [6.07, 6.45) is 0. The van der Waals surface area contributed by atoms with Crippen LogP contribution in [0.2, 0.25) is 0 Å². The summed E-state index contributed by atoms with van der Waals surface area (Å²) in [6.45, 7) is 8.28. The highest BCUT2D eigenvalue weighted by atomic mass is 15.0. The summed E-state index contributed by atoms with van der Waals surface area (Å²) in [4.78, 5) is 0. The van der Waals surface area contributed by atoms with Gasteiger partial charge in [0, 0.05) is 13.2 Å². The van der Waals surface area contributed by atoms with E-state index in [0.29, 0.717) is 0 Å². The molecule has 14 heavy (non-hydrogen) atoms. The highest BCUT2D eigenvalue weighted by molar-refractivity contribution is 5.36. The smallest absolute Gasteiger partial charge is 0.0454 e. The Morgan fingerprint density at radius 3 is 2.29 bits per heavy atom. The number of hydrogen-bond donors (Lipinski definition) is 2. The third-order valence-electron chi connectivity index (χ3n) is 2.57. The third-order valence-corrected chi connectivity index (χ3v) is 2.57. The maximum absolute atomic E-state index is 3.33. The van der Waals surface area contributed by atoms with E-state index in [9.17, 15) is 0 Å². The summed E-state index contributed by atoms with van der Waals surface area (Å²) < 4.78 is 0. The summed E-state index contributed by atoms with van der Waals surface area (Å²) in [5, 5.41) is 6.40. The normalized spacial score (nSPS) is 10.6. The first-order chi connectivity index (χ1) is 6.65. The van der Waals surface area contributed by atoms with E-state index in [4.69, 9.17) is 0 Å². The van der Waals surface area contributed by atoms with Crippen LogP contribution in [-0.4, -0.2) is 13.7 Å². The molecule has 0 radical (unpaired) electrons. The van der Waals surface area contributed by atoms with Gasteiger partial charge < -0.3 is 10.6 Å². The molecule has 2 nitrogen and oxygen atoms in total. The van der Waals surface area contributed by atoms with Crippen LogP contribution in [0.15, 0.2) is 12.1 Å². The number of benzene rings is 1. The number of hydrogen-bond acceptors (Lipinski definition) is 2. The molecular weight excluding hydrogens is 172 g/mol. The molecule has 0 aliphatic rings. The molecule has 0 aliphatic heterocycles. The van der Waals surface area contributed by atoms with Crippen molar-refractivity contribution in [1.29, 1.82) is 0 Å². The molecule has 0 spiro atoms. The monoisotopic (exact) mass is 192 g/mol. The molecule has 1 aromatic carbocycles. The molecule has 0 amide bonds. The first-order valence-corrected chi connectivity index (χ1v) is 5.07. The summed E-state index contributed by atoms with van der Waals surface area (Å²) >= 11 is 0. The zero-order chi connectivity index (χ0) is 10.6. The third kappa shape index (κ3) is 2.82. The van der Waals surface area contributed by atoms with Gasteiger partial charge in [0.05, 0.1) is 0 Å². The summed E-state index contributed by atoms with van der Waals surface area (Å²) in [6, 6.07) is 4.53. The molecule has 1 aromatic rings. The number of aryl methyl sites for hydroxylation is 3. The quantitative estimate of drug-likeness (QED) is 0.562. The van der Waals surface area contributed by atoms with E-state index in [-0.39, 0.29) is 0 Å². The molecule has 0 aliphatic carbocycles. The minimum atomic E-state index is 0.854. The Bertz CT molecular complexity index is 305. The van der Waals surface area contributed by atoms with E-state index in [0.717, 1.165) is 13.2 Å². The molecule has 0 atom stereocenters. The molecule has 0 unspecified atom stereocenters. The van der Waals surface area contributed by atoms with Gasteiger partial charge in [0.25, 0.3) is 0 Å².